The van der Waals surface area contributed by atoms with Gasteiger partial charge in [-0.2, -0.15) is 0 Å². The van der Waals surface area contributed by atoms with Gasteiger partial charge in [0, 0.05) is 18.1 Å². The standard InChI is InChI=1S/C14H22ClN3O/c1-4-18(9-13(19)17-3)14(10(2)16)11-7-5-6-8-12(11)15/h5-8,10,14H,4,9,16H2,1-3H3,(H,17,19). The molecule has 1 amide bonds. The van der Waals surface area contributed by atoms with E-state index >= 15 is 0 Å². The third-order valence-electron chi connectivity index (χ3n) is 3.15. The fourth-order valence-corrected chi connectivity index (χ4v) is 2.45. The summed E-state index contributed by atoms with van der Waals surface area (Å²) >= 11 is 6.25. The zero-order valence-corrected chi connectivity index (χ0v) is 12.4. The van der Waals surface area contributed by atoms with Crippen LogP contribution in [0, 0.1) is 0 Å². The lowest BCUT2D eigenvalue weighted by molar-refractivity contribution is -0.122. The Labute approximate surface area is 119 Å². The van der Waals surface area contributed by atoms with Crippen molar-refractivity contribution in [3.63, 3.8) is 0 Å². The van der Waals surface area contributed by atoms with E-state index in [1.807, 2.05) is 43.0 Å². The topological polar surface area (TPSA) is 58.4 Å². The number of hydrogen-bond donors (Lipinski definition) is 2. The van der Waals surface area contributed by atoms with Gasteiger partial charge in [-0.05, 0) is 25.1 Å². The Morgan fingerprint density at radius 2 is 2.11 bits per heavy atom. The first-order valence-electron chi connectivity index (χ1n) is 6.45. The second kappa shape index (κ2) is 7.48. The van der Waals surface area contributed by atoms with Gasteiger partial charge in [-0.1, -0.05) is 36.7 Å². The first kappa shape index (κ1) is 16.0. The van der Waals surface area contributed by atoms with Crippen molar-refractivity contribution in [3.05, 3.63) is 34.9 Å². The first-order chi connectivity index (χ1) is 9.01. The number of rotatable bonds is 6. The maximum Gasteiger partial charge on any atom is 0.233 e. The van der Waals surface area contributed by atoms with Crippen molar-refractivity contribution in [1.82, 2.24) is 10.2 Å². The van der Waals surface area contributed by atoms with Gasteiger partial charge in [-0.25, -0.2) is 0 Å². The molecule has 0 aliphatic rings. The highest BCUT2D eigenvalue weighted by molar-refractivity contribution is 6.31. The normalized spacial score (nSPS) is 14.2. The minimum absolute atomic E-state index is 0.0282. The van der Waals surface area contributed by atoms with Crippen LogP contribution in [0.25, 0.3) is 0 Å². The fraction of sp³-hybridized carbons (Fsp3) is 0.500. The molecule has 0 radical (unpaired) electrons. The molecule has 1 rings (SSSR count). The van der Waals surface area contributed by atoms with E-state index in [9.17, 15) is 4.79 Å². The van der Waals surface area contributed by atoms with Crippen LogP contribution in [0.15, 0.2) is 24.3 Å². The monoisotopic (exact) mass is 283 g/mol. The van der Waals surface area contributed by atoms with Crippen molar-refractivity contribution in [2.24, 2.45) is 5.73 Å². The zero-order valence-electron chi connectivity index (χ0n) is 11.7. The molecule has 0 heterocycles. The maximum absolute atomic E-state index is 11.6. The Bertz CT molecular complexity index is 423. The van der Waals surface area contributed by atoms with Gasteiger partial charge in [0.15, 0.2) is 0 Å². The molecule has 2 atom stereocenters. The quantitative estimate of drug-likeness (QED) is 0.837. The number of nitrogens with two attached hydrogens (primary N) is 1. The van der Waals surface area contributed by atoms with Crippen LogP contribution in [0.5, 0.6) is 0 Å². The van der Waals surface area contributed by atoms with Gasteiger partial charge < -0.3 is 11.1 Å². The van der Waals surface area contributed by atoms with Gasteiger partial charge in [-0.3, -0.25) is 9.69 Å². The van der Waals surface area contributed by atoms with Crippen molar-refractivity contribution in [2.45, 2.75) is 25.9 Å². The average Bonchev–Trinajstić information content (AvgIpc) is 2.39. The van der Waals surface area contributed by atoms with E-state index in [1.54, 1.807) is 7.05 Å². The molecule has 2 unspecified atom stereocenters. The van der Waals surface area contributed by atoms with Gasteiger partial charge in [0.25, 0.3) is 0 Å². The van der Waals surface area contributed by atoms with Crippen molar-refractivity contribution in [2.75, 3.05) is 20.1 Å². The third kappa shape index (κ3) is 4.20. The molecule has 0 bridgehead atoms. The molecule has 0 aliphatic heterocycles. The molecule has 0 fully saturated rings. The van der Waals surface area contributed by atoms with Crippen LogP contribution < -0.4 is 11.1 Å². The summed E-state index contributed by atoms with van der Waals surface area (Å²) in [6.07, 6.45) is 0. The summed E-state index contributed by atoms with van der Waals surface area (Å²) in [5.74, 6) is -0.0282. The molecule has 19 heavy (non-hydrogen) atoms. The molecular weight excluding hydrogens is 262 g/mol. The number of likely N-dealkylation sites (N-methyl/N-ethyl adjacent to an activating group) is 2. The molecule has 0 saturated carbocycles. The predicted octanol–water partition coefficient (Wildman–Crippen LogP) is 1.80. The van der Waals surface area contributed by atoms with Crippen LogP contribution in [0.4, 0.5) is 0 Å². The number of amides is 1. The van der Waals surface area contributed by atoms with Crippen LogP contribution in [-0.4, -0.2) is 37.0 Å². The van der Waals surface area contributed by atoms with Crippen molar-refractivity contribution >= 4 is 17.5 Å². The largest absolute Gasteiger partial charge is 0.358 e. The number of hydrogen-bond acceptors (Lipinski definition) is 3. The van der Waals surface area contributed by atoms with E-state index in [4.69, 9.17) is 17.3 Å². The third-order valence-corrected chi connectivity index (χ3v) is 3.49. The summed E-state index contributed by atoms with van der Waals surface area (Å²) in [7, 11) is 1.63. The molecule has 3 N–H and O–H groups in total. The summed E-state index contributed by atoms with van der Waals surface area (Å²) in [5, 5.41) is 3.32. The van der Waals surface area contributed by atoms with Crippen molar-refractivity contribution < 1.29 is 4.79 Å². The molecule has 1 aromatic carbocycles. The van der Waals surface area contributed by atoms with Crippen LogP contribution in [0.3, 0.4) is 0 Å². The van der Waals surface area contributed by atoms with E-state index in [1.165, 1.54) is 0 Å². The lowest BCUT2D eigenvalue weighted by Crippen LogP contribution is -2.44. The van der Waals surface area contributed by atoms with E-state index in [0.717, 1.165) is 12.1 Å². The summed E-state index contributed by atoms with van der Waals surface area (Å²) in [6.45, 7) is 4.98. The second-order valence-electron chi connectivity index (χ2n) is 4.56. The zero-order chi connectivity index (χ0) is 14.4. The number of benzene rings is 1. The Morgan fingerprint density at radius 3 is 2.58 bits per heavy atom. The van der Waals surface area contributed by atoms with Gasteiger partial charge in [0.05, 0.1) is 12.6 Å². The van der Waals surface area contributed by atoms with Gasteiger partial charge in [0.1, 0.15) is 0 Å². The number of nitrogens with one attached hydrogen (secondary N) is 1. The SMILES string of the molecule is CCN(CC(=O)NC)C(c1ccccc1Cl)C(C)N. The van der Waals surface area contributed by atoms with E-state index < -0.39 is 0 Å². The molecule has 1 aromatic rings. The summed E-state index contributed by atoms with van der Waals surface area (Å²) in [5.41, 5.74) is 7.06. The minimum atomic E-state index is -0.121. The fourth-order valence-electron chi connectivity index (χ4n) is 2.20. The molecule has 0 aliphatic carbocycles. The first-order valence-corrected chi connectivity index (χ1v) is 6.83. The van der Waals surface area contributed by atoms with E-state index in [0.29, 0.717) is 11.6 Å². The van der Waals surface area contributed by atoms with Crippen LogP contribution in [0.1, 0.15) is 25.5 Å². The maximum atomic E-state index is 11.6. The van der Waals surface area contributed by atoms with Crippen LogP contribution in [0.2, 0.25) is 5.02 Å². The van der Waals surface area contributed by atoms with Crippen molar-refractivity contribution in [3.8, 4) is 0 Å². The molecule has 5 heteroatoms. The molecule has 0 spiro atoms. The average molecular weight is 284 g/mol. The smallest absolute Gasteiger partial charge is 0.233 e. The summed E-state index contributed by atoms with van der Waals surface area (Å²) < 4.78 is 0. The number of nitrogens with zero attached hydrogens (tertiary/aromatic N) is 1. The van der Waals surface area contributed by atoms with Gasteiger partial charge in [-0.15, -0.1) is 0 Å². The molecular formula is C14H22ClN3O. The number of halogens is 1. The van der Waals surface area contributed by atoms with Crippen molar-refractivity contribution in [1.29, 1.82) is 0 Å². The molecule has 0 aromatic heterocycles. The Kier molecular flexibility index (Phi) is 6.28. The van der Waals surface area contributed by atoms with E-state index in [-0.39, 0.29) is 18.0 Å². The summed E-state index contributed by atoms with van der Waals surface area (Å²) in [4.78, 5) is 13.6. The number of carbonyl (C=O) groups is 1. The summed E-state index contributed by atoms with van der Waals surface area (Å²) in [6, 6.07) is 7.44. The van der Waals surface area contributed by atoms with Gasteiger partial charge >= 0.3 is 0 Å². The highest BCUT2D eigenvalue weighted by Crippen LogP contribution is 2.29. The predicted molar refractivity (Wildman–Crippen MR) is 79.2 cm³/mol. The highest BCUT2D eigenvalue weighted by atomic mass is 35.5. The molecule has 4 nitrogen and oxygen atoms in total. The Hall–Kier alpha value is -1.10. The lowest BCUT2D eigenvalue weighted by atomic mass is 9.99. The number of carbonyl (C=O) groups excluding carboxylic acids is 1. The highest BCUT2D eigenvalue weighted by Gasteiger charge is 2.26. The molecule has 106 valence electrons. The van der Waals surface area contributed by atoms with Gasteiger partial charge in [0.2, 0.25) is 5.91 Å². The van der Waals surface area contributed by atoms with E-state index in [2.05, 4.69) is 5.32 Å². The Morgan fingerprint density at radius 1 is 1.47 bits per heavy atom. The minimum Gasteiger partial charge on any atom is -0.358 e. The van der Waals surface area contributed by atoms with Crippen LogP contribution in [-0.2, 0) is 4.79 Å². The molecule has 0 saturated heterocycles. The Balaban J connectivity index is 3.05. The van der Waals surface area contributed by atoms with Crippen LogP contribution >= 0.6 is 11.6 Å². The lowest BCUT2D eigenvalue weighted by Gasteiger charge is -2.33. The second-order valence-corrected chi connectivity index (χ2v) is 4.97.